The van der Waals surface area contributed by atoms with Crippen LogP contribution in [0.5, 0.6) is 0 Å². The van der Waals surface area contributed by atoms with E-state index in [1.807, 2.05) is 13.0 Å². The fraction of sp³-hybridized carbons (Fsp3) is 0.143. The summed E-state index contributed by atoms with van der Waals surface area (Å²) in [6.45, 7) is 1.96. The predicted molar refractivity (Wildman–Crippen MR) is 77.0 cm³/mol. The number of hydrogen-bond acceptors (Lipinski definition) is 3. The Morgan fingerprint density at radius 3 is 2.79 bits per heavy atom. The SMILES string of the molecule is Cc1cc(C(O)c2cc3cc(F)ccc3o2)sc1Br. The minimum Gasteiger partial charge on any atom is -0.458 e. The van der Waals surface area contributed by atoms with Crippen LogP contribution < -0.4 is 0 Å². The van der Waals surface area contributed by atoms with Crippen molar-refractivity contribution < 1.29 is 13.9 Å². The summed E-state index contributed by atoms with van der Waals surface area (Å²) in [5.74, 6) is 0.110. The largest absolute Gasteiger partial charge is 0.458 e. The molecule has 0 amide bonds. The molecule has 1 atom stereocenters. The van der Waals surface area contributed by atoms with Crippen molar-refractivity contribution in [3.63, 3.8) is 0 Å². The number of fused-ring (bicyclic) bond motifs is 1. The number of hydrogen-bond donors (Lipinski definition) is 1. The van der Waals surface area contributed by atoms with Gasteiger partial charge in [-0.25, -0.2) is 4.39 Å². The highest BCUT2D eigenvalue weighted by Crippen LogP contribution is 2.36. The summed E-state index contributed by atoms with van der Waals surface area (Å²) in [5, 5.41) is 11.0. The van der Waals surface area contributed by atoms with Crippen LogP contribution >= 0.6 is 27.3 Å². The van der Waals surface area contributed by atoms with Gasteiger partial charge in [0.15, 0.2) is 0 Å². The molecule has 2 aromatic heterocycles. The fourth-order valence-corrected chi connectivity index (χ4v) is 3.49. The van der Waals surface area contributed by atoms with Gasteiger partial charge in [0.25, 0.3) is 0 Å². The van der Waals surface area contributed by atoms with E-state index in [0.29, 0.717) is 16.7 Å². The van der Waals surface area contributed by atoms with Crippen LogP contribution in [0, 0.1) is 12.7 Å². The molecule has 0 radical (unpaired) electrons. The molecule has 1 aromatic carbocycles. The first-order chi connectivity index (χ1) is 9.04. The normalized spacial score (nSPS) is 13.1. The van der Waals surface area contributed by atoms with Crippen LogP contribution in [-0.2, 0) is 0 Å². The number of benzene rings is 1. The average Bonchev–Trinajstić information content (AvgIpc) is 2.92. The zero-order valence-electron chi connectivity index (χ0n) is 9.98. The number of halogens is 2. The van der Waals surface area contributed by atoms with E-state index < -0.39 is 6.10 Å². The van der Waals surface area contributed by atoms with E-state index in [0.717, 1.165) is 14.2 Å². The third kappa shape index (κ3) is 2.33. The topological polar surface area (TPSA) is 33.4 Å². The van der Waals surface area contributed by atoms with Crippen molar-refractivity contribution in [2.24, 2.45) is 0 Å². The molecule has 0 saturated heterocycles. The summed E-state index contributed by atoms with van der Waals surface area (Å²) in [7, 11) is 0. The lowest BCUT2D eigenvalue weighted by molar-refractivity contribution is 0.196. The average molecular weight is 341 g/mol. The van der Waals surface area contributed by atoms with Gasteiger partial charge in [-0.15, -0.1) is 11.3 Å². The molecule has 0 spiro atoms. The number of furan rings is 1. The maximum absolute atomic E-state index is 13.1. The maximum atomic E-state index is 13.1. The third-order valence-corrected chi connectivity index (χ3v) is 5.10. The van der Waals surface area contributed by atoms with Crippen molar-refractivity contribution in [2.75, 3.05) is 0 Å². The Labute approximate surface area is 121 Å². The smallest absolute Gasteiger partial charge is 0.146 e. The van der Waals surface area contributed by atoms with E-state index in [4.69, 9.17) is 4.42 Å². The second kappa shape index (κ2) is 4.74. The van der Waals surface area contributed by atoms with Crippen LogP contribution in [0.4, 0.5) is 4.39 Å². The van der Waals surface area contributed by atoms with E-state index in [-0.39, 0.29) is 5.82 Å². The first-order valence-electron chi connectivity index (χ1n) is 5.67. The molecule has 0 bridgehead atoms. The van der Waals surface area contributed by atoms with Crippen LogP contribution in [-0.4, -0.2) is 5.11 Å². The maximum Gasteiger partial charge on any atom is 0.146 e. The van der Waals surface area contributed by atoms with Gasteiger partial charge >= 0.3 is 0 Å². The summed E-state index contributed by atoms with van der Waals surface area (Å²) < 4.78 is 19.7. The Bertz CT molecular complexity index is 728. The van der Waals surface area contributed by atoms with Crippen molar-refractivity contribution >= 4 is 38.2 Å². The van der Waals surface area contributed by atoms with Crippen LogP contribution in [0.25, 0.3) is 11.0 Å². The van der Waals surface area contributed by atoms with E-state index >= 15 is 0 Å². The Morgan fingerprint density at radius 2 is 2.11 bits per heavy atom. The molecule has 2 nitrogen and oxygen atoms in total. The molecule has 1 N–H and O–H groups in total. The molecule has 0 fully saturated rings. The van der Waals surface area contributed by atoms with E-state index in [2.05, 4.69) is 15.9 Å². The molecule has 2 heterocycles. The van der Waals surface area contributed by atoms with Crippen molar-refractivity contribution in [3.8, 4) is 0 Å². The highest BCUT2D eigenvalue weighted by Gasteiger charge is 2.18. The Hall–Kier alpha value is -1.17. The monoisotopic (exact) mass is 340 g/mol. The van der Waals surface area contributed by atoms with Gasteiger partial charge in [-0.3, -0.25) is 0 Å². The number of aryl methyl sites for hydroxylation is 1. The lowest BCUT2D eigenvalue weighted by atomic mass is 10.2. The van der Waals surface area contributed by atoms with Gasteiger partial charge in [0.1, 0.15) is 23.3 Å². The lowest BCUT2D eigenvalue weighted by Crippen LogP contribution is -1.94. The Morgan fingerprint density at radius 1 is 1.32 bits per heavy atom. The first kappa shape index (κ1) is 12.8. The molecule has 1 unspecified atom stereocenters. The van der Waals surface area contributed by atoms with E-state index in [1.165, 1.54) is 23.5 Å². The zero-order chi connectivity index (χ0) is 13.6. The highest BCUT2D eigenvalue weighted by atomic mass is 79.9. The van der Waals surface area contributed by atoms with Gasteiger partial charge in [0, 0.05) is 10.3 Å². The number of aliphatic hydroxyl groups excluding tert-OH is 1. The number of thiophene rings is 1. The van der Waals surface area contributed by atoms with Crippen molar-refractivity contribution in [3.05, 3.63) is 56.1 Å². The molecule has 98 valence electrons. The Kier molecular flexibility index (Phi) is 3.20. The number of rotatable bonds is 2. The molecule has 0 aliphatic rings. The van der Waals surface area contributed by atoms with Gasteiger partial charge in [-0.1, -0.05) is 0 Å². The standard InChI is InChI=1S/C14H10BrFO2S/c1-7-4-12(19-14(7)15)13(17)11-6-8-5-9(16)2-3-10(8)18-11/h2-6,13,17H,1H3. The molecule has 3 rings (SSSR count). The lowest BCUT2D eigenvalue weighted by Gasteiger charge is -2.03. The van der Waals surface area contributed by atoms with Gasteiger partial charge in [-0.05, 0) is 58.7 Å². The third-order valence-electron chi connectivity index (χ3n) is 2.91. The van der Waals surface area contributed by atoms with Gasteiger partial charge in [0.05, 0.1) is 3.79 Å². The van der Waals surface area contributed by atoms with Gasteiger partial charge < -0.3 is 9.52 Å². The van der Waals surface area contributed by atoms with Crippen LogP contribution in [0.1, 0.15) is 22.3 Å². The van der Waals surface area contributed by atoms with Crippen LogP contribution in [0.2, 0.25) is 0 Å². The van der Waals surface area contributed by atoms with Crippen LogP contribution in [0.3, 0.4) is 0 Å². The summed E-state index contributed by atoms with van der Waals surface area (Å²) in [6.07, 6.45) is -0.828. The quantitative estimate of drug-likeness (QED) is 0.727. The van der Waals surface area contributed by atoms with Gasteiger partial charge in [0.2, 0.25) is 0 Å². The second-order valence-electron chi connectivity index (χ2n) is 4.34. The molecule has 5 heteroatoms. The minimum atomic E-state index is -0.828. The summed E-state index contributed by atoms with van der Waals surface area (Å²) in [4.78, 5) is 0.795. The molecular weight excluding hydrogens is 331 g/mol. The second-order valence-corrected chi connectivity index (χ2v) is 6.74. The van der Waals surface area contributed by atoms with Crippen molar-refractivity contribution in [2.45, 2.75) is 13.0 Å². The molecule has 0 aliphatic heterocycles. The van der Waals surface area contributed by atoms with Gasteiger partial charge in [-0.2, -0.15) is 0 Å². The molecule has 0 saturated carbocycles. The van der Waals surface area contributed by atoms with E-state index in [9.17, 15) is 9.50 Å². The first-order valence-corrected chi connectivity index (χ1v) is 7.28. The number of aliphatic hydroxyl groups is 1. The molecule has 0 aliphatic carbocycles. The minimum absolute atomic E-state index is 0.316. The molecular formula is C14H10BrFO2S. The zero-order valence-corrected chi connectivity index (χ0v) is 12.4. The fourth-order valence-electron chi connectivity index (χ4n) is 1.93. The molecule has 19 heavy (non-hydrogen) atoms. The molecule has 3 aromatic rings. The summed E-state index contributed by atoms with van der Waals surface area (Å²) in [6, 6.07) is 7.88. The highest BCUT2D eigenvalue weighted by molar-refractivity contribution is 9.11. The Balaban J connectivity index is 2.03. The summed E-state index contributed by atoms with van der Waals surface area (Å²) >= 11 is 4.89. The predicted octanol–water partition coefficient (Wildman–Crippen LogP) is 4.79. The van der Waals surface area contributed by atoms with Crippen LogP contribution in [0.15, 0.2) is 38.5 Å². The van der Waals surface area contributed by atoms with Crippen molar-refractivity contribution in [1.29, 1.82) is 0 Å². The van der Waals surface area contributed by atoms with E-state index in [1.54, 1.807) is 12.1 Å². The summed E-state index contributed by atoms with van der Waals surface area (Å²) in [5.41, 5.74) is 1.64. The van der Waals surface area contributed by atoms with Crippen molar-refractivity contribution in [1.82, 2.24) is 0 Å².